The van der Waals surface area contributed by atoms with Crippen LogP contribution in [0.15, 0.2) is 23.0 Å². The molecule has 2 saturated carbocycles. The number of rotatable bonds is 7. The molecule has 0 radical (unpaired) electrons. The number of aromatic nitrogens is 5. The maximum absolute atomic E-state index is 13.2. The van der Waals surface area contributed by atoms with Crippen molar-refractivity contribution in [1.82, 2.24) is 30.1 Å². The number of hydrogen-bond acceptors (Lipinski definition) is 5. The predicted octanol–water partition coefficient (Wildman–Crippen LogP) is 5.39. The van der Waals surface area contributed by atoms with Gasteiger partial charge in [-0.2, -0.15) is 0 Å². The lowest BCUT2D eigenvalue weighted by Gasteiger charge is -2.38. The summed E-state index contributed by atoms with van der Waals surface area (Å²) in [5.41, 5.74) is 4.13. The summed E-state index contributed by atoms with van der Waals surface area (Å²) in [6, 6.07) is 7.28. The van der Waals surface area contributed by atoms with Crippen LogP contribution >= 0.6 is 0 Å². The summed E-state index contributed by atoms with van der Waals surface area (Å²) in [7, 11) is 0. The molecule has 0 saturated heterocycles. The van der Waals surface area contributed by atoms with Gasteiger partial charge in [-0.15, -0.1) is 5.10 Å². The van der Waals surface area contributed by atoms with Gasteiger partial charge in [0, 0.05) is 29.1 Å². The number of fused-ring (bicyclic) bond motifs is 1. The second-order valence-electron chi connectivity index (χ2n) is 10.9. The highest BCUT2D eigenvalue weighted by molar-refractivity contribution is 5.83. The van der Waals surface area contributed by atoms with E-state index in [4.69, 9.17) is 0 Å². The monoisotopic (exact) mass is 462 g/mol. The number of nitrogens with zero attached hydrogens (tertiary/aromatic N) is 5. The molecule has 2 aromatic heterocycles. The van der Waals surface area contributed by atoms with Crippen molar-refractivity contribution in [3.63, 3.8) is 0 Å². The molecule has 182 valence electrons. The van der Waals surface area contributed by atoms with E-state index in [-0.39, 0.29) is 11.6 Å². The standard InChI is InChI=1S/C27H38N6O/c1-17(2)25(26-29-30-31-33(26)22-11-7-8-12-22)32(21-9-5-6-10-21)16-20-15-23-19(4)13-18(3)14-24(23)28-27(20)34/h13-15,17,21-22,25H,5-12,16H2,1-4H3,(H,28,34)/t25-/m1/s1. The topological polar surface area (TPSA) is 79.7 Å². The Labute approximate surface area is 201 Å². The zero-order valence-electron chi connectivity index (χ0n) is 21.0. The van der Waals surface area contributed by atoms with Gasteiger partial charge in [0.05, 0.1) is 12.1 Å². The van der Waals surface area contributed by atoms with Crippen molar-refractivity contribution in [3.8, 4) is 0 Å². The molecule has 2 aliphatic rings. The number of hydrogen-bond donors (Lipinski definition) is 1. The number of aryl methyl sites for hydroxylation is 2. The van der Waals surface area contributed by atoms with Gasteiger partial charge in [0.2, 0.25) is 0 Å². The summed E-state index contributed by atoms with van der Waals surface area (Å²) in [5.74, 6) is 1.30. The Morgan fingerprint density at radius 1 is 1.06 bits per heavy atom. The molecule has 34 heavy (non-hydrogen) atoms. The quantitative estimate of drug-likeness (QED) is 0.509. The van der Waals surface area contributed by atoms with Crippen molar-refractivity contribution in [3.05, 3.63) is 51.1 Å². The molecular weight excluding hydrogens is 424 g/mol. The highest BCUT2D eigenvalue weighted by atomic mass is 16.1. The van der Waals surface area contributed by atoms with E-state index in [0.29, 0.717) is 24.5 Å². The smallest absolute Gasteiger partial charge is 0.252 e. The van der Waals surface area contributed by atoms with Crippen LogP contribution < -0.4 is 5.56 Å². The van der Waals surface area contributed by atoms with Gasteiger partial charge in [0.25, 0.3) is 5.56 Å². The first-order valence-corrected chi connectivity index (χ1v) is 13.1. The Morgan fingerprint density at radius 3 is 2.47 bits per heavy atom. The van der Waals surface area contributed by atoms with Crippen LogP contribution in [-0.2, 0) is 6.54 Å². The van der Waals surface area contributed by atoms with E-state index in [9.17, 15) is 4.79 Å². The van der Waals surface area contributed by atoms with Crippen LogP contribution in [0.3, 0.4) is 0 Å². The van der Waals surface area contributed by atoms with Crippen LogP contribution in [-0.4, -0.2) is 36.1 Å². The fourth-order valence-corrected chi connectivity index (χ4v) is 6.35. The van der Waals surface area contributed by atoms with Gasteiger partial charge >= 0.3 is 0 Å². The van der Waals surface area contributed by atoms with Crippen LogP contribution in [0.2, 0.25) is 0 Å². The predicted molar refractivity (Wildman–Crippen MR) is 135 cm³/mol. The van der Waals surface area contributed by atoms with Crippen molar-refractivity contribution >= 4 is 10.9 Å². The highest BCUT2D eigenvalue weighted by Crippen LogP contribution is 2.38. The minimum atomic E-state index is 0.0124. The zero-order chi connectivity index (χ0) is 23.8. The summed E-state index contributed by atoms with van der Waals surface area (Å²) >= 11 is 0. The van der Waals surface area contributed by atoms with Crippen molar-refractivity contribution in [1.29, 1.82) is 0 Å². The number of nitrogens with one attached hydrogen (secondary N) is 1. The summed E-state index contributed by atoms with van der Waals surface area (Å²) in [6.07, 6.45) is 9.60. The number of H-pyrrole nitrogens is 1. The molecule has 1 aromatic carbocycles. The maximum atomic E-state index is 13.2. The lowest BCUT2D eigenvalue weighted by Crippen LogP contribution is -2.41. The molecule has 0 bridgehead atoms. The third-order valence-corrected chi connectivity index (χ3v) is 7.98. The van der Waals surface area contributed by atoms with Crippen LogP contribution in [0.1, 0.15) is 99.8 Å². The lowest BCUT2D eigenvalue weighted by atomic mass is 9.97. The molecule has 3 aromatic rings. The normalized spacial score (nSPS) is 18.6. The van der Waals surface area contributed by atoms with Gasteiger partial charge < -0.3 is 4.98 Å². The first-order chi connectivity index (χ1) is 16.4. The van der Waals surface area contributed by atoms with Gasteiger partial charge in [-0.05, 0) is 79.1 Å². The van der Waals surface area contributed by atoms with Crippen LogP contribution in [0.5, 0.6) is 0 Å². The highest BCUT2D eigenvalue weighted by Gasteiger charge is 2.36. The molecular formula is C27H38N6O. The van der Waals surface area contributed by atoms with Crippen molar-refractivity contribution < 1.29 is 0 Å². The molecule has 7 heteroatoms. The molecule has 5 rings (SSSR count). The molecule has 1 N–H and O–H groups in total. The van der Waals surface area contributed by atoms with E-state index in [2.05, 4.69) is 76.0 Å². The molecule has 0 amide bonds. The van der Waals surface area contributed by atoms with Gasteiger partial charge in [0.15, 0.2) is 5.82 Å². The van der Waals surface area contributed by atoms with E-state index in [1.54, 1.807) is 0 Å². The lowest BCUT2D eigenvalue weighted by molar-refractivity contribution is 0.0826. The minimum Gasteiger partial charge on any atom is -0.322 e. The molecule has 2 aliphatic carbocycles. The largest absolute Gasteiger partial charge is 0.322 e. The third kappa shape index (κ3) is 4.42. The summed E-state index contributed by atoms with van der Waals surface area (Å²) in [5, 5.41) is 14.3. The van der Waals surface area contributed by atoms with Crippen molar-refractivity contribution in [2.75, 3.05) is 0 Å². The number of aromatic amines is 1. The van der Waals surface area contributed by atoms with Gasteiger partial charge in [0.1, 0.15) is 0 Å². The summed E-state index contributed by atoms with van der Waals surface area (Å²) in [6.45, 7) is 9.33. The van der Waals surface area contributed by atoms with Gasteiger partial charge in [-0.25, -0.2) is 4.68 Å². The SMILES string of the molecule is Cc1cc(C)c2cc(CN(C3CCCC3)[C@@H](c3nnnn3C3CCCC3)C(C)C)c(=O)[nH]c2c1. The molecule has 2 fully saturated rings. The van der Waals surface area contributed by atoms with E-state index < -0.39 is 0 Å². The average molecular weight is 463 g/mol. The maximum Gasteiger partial charge on any atom is 0.252 e. The molecule has 0 unspecified atom stereocenters. The van der Waals surface area contributed by atoms with E-state index in [1.807, 2.05) is 0 Å². The Morgan fingerprint density at radius 2 is 1.76 bits per heavy atom. The Bertz CT molecular complexity index is 1200. The van der Waals surface area contributed by atoms with Crippen molar-refractivity contribution in [2.24, 2.45) is 5.92 Å². The fourth-order valence-electron chi connectivity index (χ4n) is 6.35. The van der Waals surface area contributed by atoms with Gasteiger partial charge in [-0.1, -0.05) is 45.6 Å². The first kappa shape index (κ1) is 23.2. The van der Waals surface area contributed by atoms with Crippen LogP contribution in [0.4, 0.5) is 0 Å². The van der Waals surface area contributed by atoms with E-state index in [1.165, 1.54) is 36.8 Å². The minimum absolute atomic E-state index is 0.0124. The van der Waals surface area contributed by atoms with Crippen LogP contribution in [0, 0.1) is 19.8 Å². The van der Waals surface area contributed by atoms with Crippen LogP contribution in [0.25, 0.3) is 10.9 Å². The second-order valence-corrected chi connectivity index (χ2v) is 10.9. The van der Waals surface area contributed by atoms with E-state index in [0.717, 1.165) is 48.0 Å². The molecule has 0 spiro atoms. The fraction of sp³-hybridized carbons (Fsp3) is 0.630. The first-order valence-electron chi connectivity index (χ1n) is 13.1. The molecule has 0 aliphatic heterocycles. The third-order valence-electron chi connectivity index (χ3n) is 7.98. The molecule has 7 nitrogen and oxygen atoms in total. The summed E-state index contributed by atoms with van der Waals surface area (Å²) < 4.78 is 2.11. The van der Waals surface area contributed by atoms with E-state index >= 15 is 0 Å². The molecule has 1 atom stereocenters. The zero-order valence-corrected chi connectivity index (χ0v) is 21.0. The number of pyridine rings is 1. The Hall–Kier alpha value is -2.54. The summed E-state index contributed by atoms with van der Waals surface area (Å²) in [4.78, 5) is 19.0. The number of tetrazole rings is 1. The molecule has 2 heterocycles. The van der Waals surface area contributed by atoms with Gasteiger partial charge in [-0.3, -0.25) is 9.69 Å². The van der Waals surface area contributed by atoms with Crippen molar-refractivity contribution in [2.45, 2.75) is 104 Å². The average Bonchev–Trinajstić information content (AvgIpc) is 3.56. The number of benzene rings is 1. The Kier molecular flexibility index (Phi) is 6.56. The second kappa shape index (κ2) is 9.61. The Balaban J connectivity index is 1.56.